The molecule has 3 rings (SSSR count). The Hall–Kier alpha value is -2.01. The van der Waals surface area contributed by atoms with Crippen LogP contribution in [0.3, 0.4) is 0 Å². The SMILES string of the molecule is O=C(NCc1cc2ccccc2[nH]1)NCC1CCCC(O)C1. The molecule has 0 radical (unpaired) electrons. The first-order valence-corrected chi connectivity index (χ1v) is 7.97. The molecule has 2 aromatic rings. The summed E-state index contributed by atoms with van der Waals surface area (Å²) >= 11 is 0. The van der Waals surface area contributed by atoms with E-state index in [2.05, 4.69) is 15.6 Å². The topological polar surface area (TPSA) is 77.2 Å². The standard InChI is InChI=1S/C17H23N3O2/c21-15-6-3-4-12(8-15)10-18-17(22)19-11-14-9-13-5-1-2-7-16(13)20-14/h1-2,5,7,9,12,15,20-21H,3-4,6,8,10-11H2,(H2,18,19,22). The van der Waals surface area contributed by atoms with Crippen LogP contribution in [0, 0.1) is 5.92 Å². The second-order valence-corrected chi connectivity index (χ2v) is 6.13. The van der Waals surface area contributed by atoms with Crippen molar-refractivity contribution >= 4 is 16.9 Å². The molecule has 0 spiro atoms. The van der Waals surface area contributed by atoms with Gasteiger partial charge in [-0.15, -0.1) is 0 Å². The van der Waals surface area contributed by atoms with E-state index >= 15 is 0 Å². The number of benzene rings is 1. The fourth-order valence-electron chi connectivity index (χ4n) is 3.15. The van der Waals surface area contributed by atoms with Gasteiger partial charge in [0.05, 0.1) is 12.6 Å². The molecule has 1 saturated carbocycles. The predicted octanol–water partition coefficient (Wildman–Crippen LogP) is 2.52. The lowest BCUT2D eigenvalue weighted by molar-refractivity contribution is 0.101. The molecule has 1 heterocycles. The lowest BCUT2D eigenvalue weighted by Crippen LogP contribution is -2.39. The molecule has 2 amide bonds. The average Bonchev–Trinajstić information content (AvgIpc) is 2.94. The Balaban J connectivity index is 1.44. The minimum atomic E-state index is -0.199. The summed E-state index contributed by atoms with van der Waals surface area (Å²) in [7, 11) is 0. The van der Waals surface area contributed by atoms with Crippen molar-refractivity contribution in [3.63, 3.8) is 0 Å². The number of amides is 2. The third kappa shape index (κ3) is 3.80. The first-order valence-electron chi connectivity index (χ1n) is 7.97. The van der Waals surface area contributed by atoms with Crippen LogP contribution in [0.25, 0.3) is 10.9 Å². The molecule has 118 valence electrons. The number of urea groups is 1. The highest BCUT2D eigenvalue weighted by Gasteiger charge is 2.20. The molecule has 5 heteroatoms. The molecule has 2 atom stereocenters. The fourth-order valence-corrected chi connectivity index (χ4v) is 3.15. The van der Waals surface area contributed by atoms with Gasteiger partial charge in [0.15, 0.2) is 0 Å². The summed E-state index contributed by atoms with van der Waals surface area (Å²) in [6.45, 7) is 1.11. The number of hydrogen-bond acceptors (Lipinski definition) is 2. The zero-order chi connectivity index (χ0) is 15.4. The van der Waals surface area contributed by atoms with Gasteiger partial charge in [-0.2, -0.15) is 0 Å². The normalized spacial score (nSPS) is 21.7. The maximum Gasteiger partial charge on any atom is 0.315 e. The van der Waals surface area contributed by atoms with Gasteiger partial charge in [0.25, 0.3) is 0 Å². The highest BCUT2D eigenvalue weighted by molar-refractivity contribution is 5.80. The van der Waals surface area contributed by atoms with Crippen molar-refractivity contribution in [3.05, 3.63) is 36.0 Å². The summed E-state index contributed by atoms with van der Waals surface area (Å²) in [5.74, 6) is 0.391. The van der Waals surface area contributed by atoms with Crippen LogP contribution in [0.15, 0.2) is 30.3 Å². The van der Waals surface area contributed by atoms with Crippen molar-refractivity contribution in [1.82, 2.24) is 15.6 Å². The molecular weight excluding hydrogens is 278 g/mol. The number of para-hydroxylation sites is 1. The number of fused-ring (bicyclic) bond motifs is 1. The third-order valence-electron chi connectivity index (χ3n) is 4.33. The van der Waals surface area contributed by atoms with E-state index in [-0.39, 0.29) is 12.1 Å². The number of carbonyl (C=O) groups is 1. The predicted molar refractivity (Wildman–Crippen MR) is 86.5 cm³/mol. The molecule has 0 aliphatic heterocycles. The zero-order valence-electron chi connectivity index (χ0n) is 12.6. The van der Waals surface area contributed by atoms with Crippen LogP contribution >= 0.6 is 0 Å². The van der Waals surface area contributed by atoms with E-state index < -0.39 is 0 Å². The maximum atomic E-state index is 11.9. The molecule has 4 N–H and O–H groups in total. The first-order chi connectivity index (χ1) is 10.7. The van der Waals surface area contributed by atoms with E-state index in [1.165, 1.54) is 0 Å². The number of carbonyl (C=O) groups excluding carboxylic acids is 1. The molecule has 1 aliphatic carbocycles. The Morgan fingerprint density at radius 1 is 1.27 bits per heavy atom. The van der Waals surface area contributed by atoms with Gasteiger partial charge in [-0.05, 0) is 42.7 Å². The molecule has 1 aliphatic rings. The van der Waals surface area contributed by atoms with Crippen molar-refractivity contribution in [2.45, 2.75) is 38.3 Å². The summed E-state index contributed by atoms with van der Waals surface area (Å²) in [6.07, 6.45) is 3.62. The highest BCUT2D eigenvalue weighted by Crippen LogP contribution is 2.23. The quantitative estimate of drug-likeness (QED) is 0.700. The largest absolute Gasteiger partial charge is 0.393 e. The van der Waals surface area contributed by atoms with Crippen LogP contribution in [0.1, 0.15) is 31.4 Å². The maximum absolute atomic E-state index is 11.9. The van der Waals surface area contributed by atoms with Gasteiger partial charge in [-0.3, -0.25) is 0 Å². The summed E-state index contributed by atoms with van der Waals surface area (Å²) < 4.78 is 0. The van der Waals surface area contributed by atoms with Crippen LogP contribution < -0.4 is 10.6 Å². The Kier molecular flexibility index (Phi) is 4.63. The van der Waals surface area contributed by atoms with Gasteiger partial charge in [0, 0.05) is 17.8 Å². The fraction of sp³-hybridized carbons (Fsp3) is 0.471. The molecule has 1 aromatic heterocycles. The van der Waals surface area contributed by atoms with Gasteiger partial charge in [-0.25, -0.2) is 4.79 Å². The van der Waals surface area contributed by atoms with E-state index in [1.807, 2.05) is 30.3 Å². The Morgan fingerprint density at radius 2 is 2.14 bits per heavy atom. The van der Waals surface area contributed by atoms with Crippen LogP contribution in [-0.4, -0.2) is 28.8 Å². The number of aromatic amines is 1. The van der Waals surface area contributed by atoms with Crippen molar-refractivity contribution in [2.75, 3.05) is 6.54 Å². The van der Waals surface area contributed by atoms with Gasteiger partial charge in [-0.1, -0.05) is 24.6 Å². The summed E-state index contributed by atoms with van der Waals surface area (Å²) in [4.78, 5) is 15.1. The molecule has 0 bridgehead atoms. The number of aliphatic hydroxyl groups excluding tert-OH is 1. The summed E-state index contributed by atoms with van der Waals surface area (Å²) in [5.41, 5.74) is 2.07. The second kappa shape index (κ2) is 6.83. The smallest absolute Gasteiger partial charge is 0.315 e. The average molecular weight is 301 g/mol. The monoisotopic (exact) mass is 301 g/mol. The molecule has 2 unspecified atom stereocenters. The molecule has 1 aromatic carbocycles. The van der Waals surface area contributed by atoms with Gasteiger partial charge < -0.3 is 20.7 Å². The van der Waals surface area contributed by atoms with E-state index in [0.29, 0.717) is 19.0 Å². The van der Waals surface area contributed by atoms with Gasteiger partial charge >= 0.3 is 6.03 Å². The van der Waals surface area contributed by atoms with Crippen molar-refractivity contribution in [1.29, 1.82) is 0 Å². The van der Waals surface area contributed by atoms with Crippen LogP contribution in [0.5, 0.6) is 0 Å². The molecule has 1 fully saturated rings. The van der Waals surface area contributed by atoms with Crippen molar-refractivity contribution < 1.29 is 9.90 Å². The number of hydrogen-bond donors (Lipinski definition) is 4. The Morgan fingerprint density at radius 3 is 2.95 bits per heavy atom. The summed E-state index contributed by atoms with van der Waals surface area (Å²) in [6, 6.07) is 9.95. The van der Waals surface area contributed by atoms with Crippen LogP contribution in [0.4, 0.5) is 4.79 Å². The zero-order valence-corrected chi connectivity index (χ0v) is 12.6. The minimum Gasteiger partial charge on any atom is -0.393 e. The van der Waals surface area contributed by atoms with Crippen molar-refractivity contribution in [3.8, 4) is 0 Å². The number of rotatable bonds is 4. The molecule has 5 nitrogen and oxygen atoms in total. The Bertz CT molecular complexity index is 605. The van der Waals surface area contributed by atoms with Gasteiger partial charge in [0.1, 0.15) is 0 Å². The third-order valence-corrected chi connectivity index (χ3v) is 4.33. The van der Waals surface area contributed by atoms with Gasteiger partial charge in [0.2, 0.25) is 0 Å². The number of nitrogens with one attached hydrogen (secondary N) is 3. The first kappa shape index (κ1) is 14.9. The lowest BCUT2D eigenvalue weighted by atomic mass is 9.87. The van der Waals surface area contributed by atoms with Crippen LogP contribution in [-0.2, 0) is 6.54 Å². The van der Waals surface area contributed by atoms with E-state index in [9.17, 15) is 9.90 Å². The number of aromatic nitrogens is 1. The van der Waals surface area contributed by atoms with E-state index in [4.69, 9.17) is 0 Å². The van der Waals surface area contributed by atoms with Crippen molar-refractivity contribution in [2.24, 2.45) is 5.92 Å². The second-order valence-electron chi connectivity index (χ2n) is 6.13. The molecular formula is C17H23N3O2. The number of H-pyrrole nitrogens is 1. The van der Waals surface area contributed by atoms with Crippen LogP contribution in [0.2, 0.25) is 0 Å². The molecule has 0 saturated heterocycles. The highest BCUT2D eigenvalue weighted by atomic mass is 16.3. The van der Waals surface area contributed by atoms with E-state index in [1.54, 1.807) is 0 Å². The lowest BCUT2D eigenvalue weighted by Gasteiger charge is -2.25. The Labute approximate surface area is 130 Å². The molecule has 22 heavy (non-hydrogen) atoms. The summed E-state index contributed by atoms with van der Waals surface area (Å²) in [5, 5.41) is 16.6. The van der Waals surface area contributed by atoms with E-state index in [0.717, 1.165) is 42.3 Å². The number of aliphatic hydroxyl groups is 1. The minimum absolute atomic E-state index is 0.154.